The minimum Gasteiger partial charge on any atom is -0.381 e. The summed E-state index contributed by atoms with van der Waals surface area (Å²) in [6.07, 6.45) is 4.80. The molecular weight excluding hydrogens is 330 g/mol. The molecule has 1 aliphatic carbocycles. The summed E-state index contributed by atoms with van der Waals surface area (Å²) >= 11 is 8.11. The van der Waals surface area contributed by atoms with Crippen LogP contribution in [0.1, 0.15) is 36.4 Å². The van der Waals surface area contributed by atoms with Crippen molar-refractivity contribution in [3.63, 3.8) is 0 Å². The van der Waals surface area contributed by atoms with Crippen molar-refractivity contribution in [2.24, 2.45) is 0 Å². The van der Waals surface area contributed by atoms with Crippen molar-refractivity contribution < 1.29 is 4.74 Å². The van der Waals surface area contributed by atoms with Crippen LogP contribution in [0.5, 0.6) is 0 Å². The van der Waals surface area contributed by atoms with Gasteiger partial charge in [-0.3, -0.25) is 5.10 Å². The molecule has 2 unspecified atom stereocenters. The van der Waals surface area contributed by atoms with E-state index in [0.29, 0.717) is 12.0 Å². The highest BCUT2D eigenvalue weighted by Crippen LogP contribution is 2.42. The van der Waals surface area contributed by atoms with Crippen LogP contribution in [0.15, 0.2) is 23.1 Å². The Balaban J connectivity index is 1.52. The van der Waals surface area contributed by atoms with E-state index < -0.39 is 0 Å². The van der Waals surface area contributed by atoms with Crippen molar-refractivity contribution in [3.8, 4) is 0 Å². The first kappa shape index (κ1) is 15.4. The quantitative estimate of drug-likeness (QED) is 0.837. The Hall–Kier alpha value is -1.17. The third-order valence-electron chi connectivity index (χ3n) is 4.83. The Morgan fingerprint density at radius 1 is 1.39 bits per heavy atom. The van der Waals surface area contributed by atoms with Crippen LogP contribution in [0.4, 0.5) is 11.5 Å². The summed E-state index contributed by atoms with van der Waals surface area (Å²) in [5.74, 6) is 2.50. The van der Waals surface area contributed by atoms with E-state index in [2.05, 4.69) is 27.6 Å². The Morgan fingerprint density at radius 3 is 3.13 bits per heavy atom. The lowest BCUT2D eigenvalue weighted by Crippen LogP contribution is -2.04. The Labute approximate surface area is 145 Å². The first-order valence-corrected chi connectivity index (χ1v) is 9.40. The molecule has 0 amide bonds. The second-order valence-electron chi connectivity index (χ2n) is 6.20. The lowest BCUT2D eigenvalue weighted by atomic mass is 10.0. The van der Waals surface area contributed by atoms with Gasteiger partial charge in [0.05, 0.1) is 11.1 Å². The highest BCUT2D eigenvalue weighted by Gasteiger charge is 2.27. The highest BCUT2D eigenvalue weighted by molar-refractivity contribution is 7.99. The molecular formula is C17H20ClN3OS. The number of fused-ring (bicyclic) bond motifs is 1. The van der Waals surface area contributed by atoms with Crippen molar-refractivity contribution in [3.05, 3.63) is 34.5 Å². The second-order valence-corrected chi connectivity index (χ2v) is 7.71. The zero-order chi connectivity index (χ0) is 15.8. The number of ether oxygens (including phenoxy) is 1. The average Bonchev–Trinajstić information content (AvgIpc) is 3.29. The maximum absolute atomic E-state index is 6.28. The number of rotatable bonds is 4. The maximum Gasteiger partial charge on any atom is 0.152 e. The van der Waals surface area contributed by atoms with E-state index in [1.807, 2.05) is 17.8 Å². The van der Waals surface area contributed by atoms with E-state index >= 15 is 0 Å². The van der Waals surface area contributed by atoms with Crippen molar-refractivity contribution in [2.45, 2.75) is 42.6 Å². The van der Waals surface area contributed by atoms with E-state index in [4.69, 9.17) is 16.3 Å². The lowest BCUT2D eigenvalue weighted by Gasteiger charge is -2.10. The zero-order valence-electron chi connectivity index (χ0n) is 13.1. The number of benzene rings is 1. The first-order chi connectivity index (χ1) is 11.2. The van der Waals surface area contributed by atoms with Gasteiger partial charge >= 0.3 is 0 Å². The molecule has 2 atom stereocenters. The molecule has 1 fully saturated rings. The van der Waals surface area contributed by atoms with E-state index in [1.165, 1.54) is 16.2 Å². The summed E-state index contributed by atoms with van der Waals surface area (Å²) in [6, 6.07) is 6.15. The molecule has 122 valence electrons. The van der Waals surface area contributed by atoms with E-state index in [9.17, 15) is 0 Å². The molecule has 0 bridgehead atoms. The van der Waals surface area contributed by atoms with Crippen LogP contribution in [0.25, 0.3) is 0 Å². The molecule has 1 aliphatic heterocycles. The molecule has 2 N–H and O–H groups in total. The number of hydrogen-bond donors (Lipinski definition) is 2. The van der Waals surface area contributed by atoms with Crippen LogP contribution in [0.3, 0.4) is 0 Å². The SMILES string of the molecule is COC1CCC(c2cc(Nc3ccc(Cl)c4c3CCS4)n[nH]2)C1. The molecule has 0 spiro atoms. The molecule has 0 saturated heterocycles. The number of nitrogens with one attached hydrogen (secondary N) is 2. The van der Waals surface area contributed by atoms with Crippen molar-refractivity contribution >= 4 is 34.9 Å². The van der Waals surface area contributed by atoms with Gasteiger partial charge in [-0.1, -0.05) is 11.6 Å². The number of thioether (sulfide) groups is 1. The van der Waals surface area contributed by atoms with Gasteiger partial charge in [0.2, 0.25) is 0 Å². The average molecular weight is 350 g/mol. The Kier molecular flexibility index (Phi) is 4.26. The fourth-order valence-corrected chi connectivity index (χ4v) is 5.00. The fraction of sp³-hybridized carbons (Fsp3) is 0.471. The summed E-state index contributed by atoms with van der Waals surface area (Å²) in [6.45, 7) is 0. The minimum atomic E-state index is 0.385. The number of anilines is 2. The summed E-state index contributed by atoms with van der Waals surface area (Å²) < 4.78 is 5.46. The minimum absolute atomic E-state index is 0.385. The van der Waals surface area contributed by atoms with Crippen molar-refractivity contribution in [1.82, 2.24) is 10.2 Å². The smallest absolute Gasteiger partial charge is 0.152 e. The largest absolute Gasteiger partial charge is 0.381 e. The lowest BCUT2D eigenvalue weighted by molar-refractivity contribution is 0.108. The van der Waals surface area contributed by atoms with Gasteiger partial charge in [0.1, 0.15) is 0 Å². The normalized spacial score (nSPS) is 23.2. The second kappa shape index (κ2) is 6.38. The topological polar surface area (TPSA) is 49.9 Å². The molecule has 4 rings (SSSR count). The molecule has 2 aliphatic rings. The third kappa shape index (κ3) is 2.97. The van der Waals surface area contributed by atoms with Gasteiger partial charge in [0.15, 0.2) is 5.82 Å². The van der Waals surface area contributed by atoms with Crippen molar-refractivity contribution in [1.29, 1.82) is 0 Å². The summed E-state index contributed by atoms with van der Waals surface area (Å²) in [5, 5.41) is 11.9. The number of hydrogen-bond acceptors (Lipinski definition) is 4. The standard InChI is InChI=1S/C17H20ClN3OS/c1-22-11-3-2-10(8-11)15-9-16(21-20-15)19-14-5-4-13(18)17-12(14)6-7-23-17/h4-5,9-11H,2-3,6-8H2,1H3,(H2,19,20,21). The summed E-state index contributed by atoms with van der Waals surface area (Å²) in [4.78, 5) is 1.21. The predicted octanol–water partition coefficient (Wildman–Crippen LogP) is 4.74. The highest BCUT2D eigenvalue weighted by atomic mass is 35.5. The number of aromatic nitrogens is 2. The Bertz CT molecular complexity index is 718. The van der Waals surface area contributed by atoms with Crippen LogP contribution in [0.2, 0.25) is 5.02 Å². The summed E-state index contributed by atoms with van der Waals surface area (Å²) in [7, 11) is 1.80. The van der Waals surface area contributed by atoms with Crippen LogP contribution < -0.4 is 5.32 Å². The molecule has 6 heteroatoms. The molecule has 2 heterocycles. The Morgan fingerprint density at radius 2 is 2.30 bits per heavy atom. The van der Waals surface area contributed by atoms with Gasteiger partial charge < -0.3 is 10.1 Å². The van der Waals surface area contributed by atoms with Gasteiger partial charge in [-0.15, -0.1) is 11.8 Å². The number of aromatic amines is 1. The number of H-pyrrole nitrogens is 1. The fourth-order valence-electron chi connectivity index (χ4n) is 3.56. The number of methoxy groups -OCH3 is 1. The van der Waals surface area contributed by atoms with Gasteiger partial charge in [-0.05, 0) is 43.4 Å². The van der Waals surface area contributed by atoms with Gasteiger partial charge in [0.25, 0.3) is 0 Å². The van der Waals surface area contributed by atoms with E-state index in [-0.39, 0.29) is 0 Å². The van der Waals surface area contributed by atoms with Crippen molar-refractivity contribution in [2.75, 3.05) is 18.2 Å². The predicted molar refractivity (Wildman–Crippen MR) is 95.1 cm³/mol. The molecule has 1 aromatic heterocycles. The van der Waals surface area contributed by atoms with Gasteiger partial charge in [-0.2, -0.15) is 5.10 Å². The molecule has 4 nitrogen and oxygen atoms in total. The first-order valence-electron chi connectivity index (χ1n) is 8.04. The number of nitrogens with zero attached hydrogens (tertiary/aromatic N) is 1. The van der Waals surface area contributed by atoms with Crippen LogP contribution in [-0.2, 0) is 11.2 Å². The van der Waals surface area contributed by atoms with Crippen LogP contribution in [-0.4, -0.2) is 29.2 Å². The zero-order valence-corrected chi connectivity index (χ0v) is 14.6. The van der Waals surface area contributed by atoms with Gasteiger partial charge in [-0.25, -0.2) is 0 Å². The third-order valence-corrected chi connectivity index (χ3v) is 6.42. The molecule has 23 heavy (non-hydrogen) atoms. The van der Waals surface area contributed by atoms with Crippen LogP contribution in [0, 0.1) is 0 Å². The monoisotopic (exact) mass is 349 g/mol. The molecule has 1 saturated carbocycles. The van der Waals surface area contributed by atoms with E-state index in [0.717, 1.165) is 48.0 Å². The maximum atomic E-state index is 6.28. The molecule has 2 aromatic rings. The van der Waals surface area contributed by atoms with E-state index in [1.54, 1.807) is 7.11 Å². The number of halogens is 1. The van der Waals surface area contributed by atoms with Crippen LogP contribution >= 0.6 is 23.4 Å². The summed E-state index contributed by atoms with van der Waals surface area (Å²) in [5.41, 5.74) is 3.63. The molecule has 1 aromatic carbocycles. The molecule has 0 radical (unpaired) electrons. The van der Waals surface area contributed by atoms with Gasteiger partial charge in [0, 0.05) is 41.1 Å².